The Balaban J connectivity index is 3.40. The van der Waals surface area contributed by atoms with Crippen molar-refractivity contribution in [2.75, 3.05) is 11.5 Å². The highest BCUT2D eigenvalue weighted by Crippen LogP contribution is 2.21. The minimum atomic E-state index is 0.299. The van der Waals surface area contributed by atoms with Gasteiger partial charge >= 0.3 is 0 Å². The van der Waals surface area contributed by atoms with Crippen LogP contribution in [0.3, 0.4) is 0 Å². The van der Waals surface area contributed by atoms with Crippen LogP contribution in [0.15, 0.2) is 10.7 Å². The van der Waals surface area contributed by atoms with Gasteiger partial charge in [-0.1, -0.05) is 0 Å². The number of nitrogens with zero attached hydrogens (tertiary/aromatic N) is 2. The number of anilines is 2. The smallest absolute Gasteiger partial charge is 0.128 e. The molecule has 0 aliphatic heterocycles. The number of pyridine rings is 1. The van der Waals surface area contributed by atoms with E-state index < -0.39 is 0 Å². The van der Waals surface area contributed by atoms with E-state index in [9.17, 15) is 0 Å². The molecule has 0 spiro atoms. The summed E-state index contributed by atoms with van der Waals surface area (Å²) in [6.07, 6.45) is 0. The highest BCUT2D eigenvalue weighted by Gasteiger charge is 2.05. The molecule has 0 aliphatic rings. The van der Waals surface area contributed by atoms with Gasteiger partial charge in [-0.3, -0.25) is 0 Å². The summed E-state index contributed by atoms with van der Waals surface area (Å²) in [4.78, 5) is 3.80. The van der Waals surface area contributed by atoms with Crippen LogP contribution in [0, 0.1) is 11.3 Å². The van der Waals surface area contributed by atoms with Crippen LogP contribution in [0.25, 0.3) is 0 Å². The van der Waals surface area contributed by atoms with Gasteiger partial charge in [-0.25, -0.2) is 4.98 Å². The zero-order chi connectivity index (χ0) is 8.43. The first-order valence-corrected chi connectivity index (χ1v) is 3.56. The second-order valence-corrected chi connectivity index (χ2v) is 2.67. The molecule has 5 heteroatoms. The maximum absolute atomic E-state index is 8.55. The number of nitrogen functional groups attached to an aromatic ring is 2. The fourth-order valence-electron chi connectivity index (χ4n) is 0.663. The largest absolute Gasteiger partial charge is 0.397 e. The van der Waals surface area contributed by atoms with Gasteiger partial charge in [-0.05, 0) is 15.9 Å². The molecule has 0 bridgehead atoms. The summed E-state index contributed by atoms with van der Waals surface area (Å²) < 4.78 is 0.387. The lowest BCUT2D eigenvalue weighted by Crippen LogP contribution is -1.98. The van der Waals surface area contributed by atoms with Crippen LogP contribution in [-0.2, 0) is 0 Å². The Kier molecular flexibility index (Phi) is 1.96. The lowest BCUT2D eigenvalue weighted by molar-refractivity contribution is 1.26. The Morgan fingerprint density at radius 2 is 2.18 bits per heavy atom. The molecule has 0 fully saturated rings. The molecule has 0 aliphatic carbocycles. The molecule has 1 rings (SSSR count). The molecule has 0 atom stereocenters. The van der Waals surface area contributed by atoms with Gasteiger partial charge in [0.2, 0.25) is 0 Å². The van der Waals surface area contributed by atoms with Gasteiger partial charge in [0, 0.05) is 6.07 Å². The van der Waals surface area contributed by atoms with Crippen LogP contribution in [-0.4, -0.2) is 4.98 Å². The highest BCUT2D eigenvalue weighted by atomic mass is 79.9. The van der Waals surface area contributed by atoms with Gasteiger partial charge in [-0.15, -0.1) is 0 Å². The quantitative estimate of drug-likeness (QED) is 0.626. The van der Waals surface area contributed by atoms with E-state index in [-0.39, 0.29) is 0 Å². The monoisotopic (exact) mass is 212 g/mol. The van der Waals surface area contributed by atoms with E-state index in [2.05, 4.69) is 20.9 Å². The Bertz CT molecular complexity index is 305. The zero-order valence-corrected chi connectivity index (χ0v) is 7.09. The van der Waals surface area contributed by atoms with Gasteiger partial charge in [0.1, 0.15) is 22.1 Å². The van der Waals surface area contributed by atoms with Crippen LogP contribution in [0.5, 0.6) is 0 Å². The summed E-state index contributed by atoms with van der Waals surface area (Å²) in [5.74, 6) is 0.299. The third-order valence-electron chi connectivity index (χ3n) is 1.14. The fourth-order valence-corrected chi connectivity index (χ4v) is 1.19. The third-order valence-corrected chi connectivity index (χ3v) is 1.71. The van der Waals surface area contributed by atoms with Crippen molar-refractivity contribution in [1.29, 1.82) is 5.26 Å². The second-order valence-electron chi connectivity index (χ2n) is 1.91. The number of rotatable bonds is 0. The first-order chi connectivity index (χ1) is 5.15. The molecule has 0 aromatic carbocycles. The Morgan fingerprint density at radius 1 is 1.55 bits per heavy atom. The minimum Gasteiger partial charge on any atom is -0.397 e. The Hall–Kier alpha value is -1.28. The maximum Gasteiger partial charge on any atom is 0.128 e. The summed E-state index contributed by atoms with van der Waals surface area (Å²) in [7, 11) is 0. The summed E-state index contributed by atoms with van der Waals surface area (Å²) in [5, 5.41) is 8.55. The van der Waals surface area contributed by atoms with Crippen molar-refractivity contribution in [2.24, 2.45) is 0 Å². The van der Waals surface area contributed by atoms with Gasteiger partial charge in [-0.2, -0.15) is 5.26 Å². The molecular weight excluding hydrogens is 208 g/mol. The lowest BCUT2D eigenvalue weighted by atomic mass is 10.2. The molecule has 0 saturated heterocycles. The molecule has 0 saturated carbocycles. The Labute approximate surface area is 72.0 Å². The van der Waals surface area contributed by atoms with Crippen molar-refractivity contribution >= 4 is 27.4 Å². The van der Waals surface area contributed by atoms with Crippen molar-refractivity contribution in [2.45, 2.75) is 0 Å². The van der Waals surface area contributed by atoms with Gasteiger partial charge < -0.3 is 11.5 Å². The molecule has 0 unspecified atom stereocenters. The zero-order valence-electron chi connectivity index (χ0n) is 5.50. The average molecular weight is 213 g/mol. The summed E-state index contributed by atoms with van der Waals surface area (Å²) in [6.45, 7) is 0. The number of hydrogen-bond acceptors (Lipinski definition) is 4. The fraction of sp³-hybridized carbons (Fsp3) is 0. The van der Waals surface area contributed by atoms with E-state index >= 15 is 0 Å². The van der Waals surface area contributed by atoms with E-state index in [1.165, 1.54) is 6.07 Å². The van der Waals surface area contributed by atoms with Crippen molar-refractivity contribution < 1.29 is 0 Å². The van der Waals surface area contributed by atoms with E-state index in [4.69, 9.17) is 16.7 Å². The van der Waals surface area contributed by atoms with Crippen molar-refractivity contribution in [3.8, 4) is 6.07 Å². The second kappa shape index (κ2) is 2.76. The van der Waals surface area contributed by atoms with E-state index in [1.807, 2.05) is 6.07 Å². The first kappa shape index (κ1) is 7.82. The predicted molar refractivity (Wildman–Crippen MR) is 45.5 cm³/mol. The molecule has 0 radical (unpaired) electrons. The highest BCUT2D eigenvalue weighted by molar-refractivity contribution is 9.10. The SMILES string of the molecule is N#Cc1c(N)cc(N)nc1Br. The molecule has 4 nitrogen and oxygen atoms in total. The summed E-state index contributed by atoms with van der Waals surface area (Å²) in [5.41, 5.74) is 11.5. The number of halogens is 1. The molecular formula is C6H5BrN4. The number of nitrogens with two attached hydrogens (primary N) is 2. The van der Waals surface area contributed by atoms with Crippen LogP contribution in [0.1, 0.15) is 5.56 Å². The van der Waals surface area contributed by atoms with Gasteiger partial charge in [0.05, 0.1) is 5.69 Å². The number of aromatic nitrogens is 1. The van der Waals surface area contributed by atoms with Crippen molar-refractivity contribution in [3.05, 3.63) is 16.2 Å². The Morgan fingerprint density at radius 3 is 2.64 bits per heavy atom. The van der Waals surface area contributed by atoms with E-state index in [0.29, 0.717) is 21.7 Å². The maximum atomic E-state index is 8.55. The van der Waals surface area contributed by atoms with Crippen LogP contribution >= 0.6 is 15.9 Å². The molecule has 11 heavy (non-hydrogen) atoms. The van der Waals surface area contributed by atoms with Gasteiger partial charge in [0.25, 0.3) is 0 Å². The van der Waals surface area contributed by atoms with Crippen LogP contribution in [0.4, 0.5) is 11.5 Å². The minimum absolute atomic E-state index is 0.299. The molecule has 4 N–H and O–H groups in total. The summed E-state index contributed by atoms with van der Waals surface area (Å²) in [6, 6.07) is 3.35. The molecule has 0 amide bonds. The normalized spacial score (nSPS) is 9.09. The molecule has 1 aromatic heterocycles. The van der Waals surface area contributed by atoms with E-state index in [1.54, 1.807) is 0 Å². The van der Waals surface area contributed by atoms with Crippen molar-refractivity contribution in [3.63, 3.8) is 0 Å². The lowest BCUT2D eigenvalue weighted by Gasteiger charge is -1.99. The predicted octanol–water partition coefficient (Wildman–Crippen LogP) is 0.880. The third kappa shape index (κ3) is 1.41. The van der Waals surface area contributed by atoms with Crippen LogP contribution in [0.2, 0.25) is 0 Å². The molecule has 1 heterocycles. The van der Waals surface area contributed by atoms with Gasteiger partial charge in [0.15, 0.2) is 0 Å². The molecule has 1 aromatic rings. The number of nitriles is 1. The van der Waals surface area contributed by atoms with E-state index in [0.717, 1.165) is 0 Å². The standard InChI is InChI=1S/C6H5BrN4/c7-6-3(2-8)4(9)1-5(10)11-6/h1H,(H4,9,10,11). The van der Waals surface area contributed by atoms with Crippen molar-refractivity contribution in [1.82, 2.24) is 4.98 Å². The van der Waals surface area contributed by atoms with Crippen LogP contribution < -0.4 is 11.5 Å². The summed E-state index contributed by atoms with van der Waals surface area (Å²) >= 11 is 3.06. The molecule has 56 valence electrons. The number of hydrogen-bond donors (Lipinski definition) is 2. The topological polar surface area (TPSA) is 88.7 Å². The average Bonchev–Trinajstić information content (AvgIpc) is 1.85. The first-order valence-electron chi connectivity index (χ1n) is 2.76.